The maximum Gasteiger partial charge on any atom is 0.315 e. The molecule has 0 aliphatic heterocycles. The number of carbonyl (C=O) groups excluding carboxylic acids is 1. The first-order valence-electron chi connectivity index (χ1n) is 7.73. The zero-order chi connectivity index (χ0) is 15.3. The molecule has 21 heavy (non-hydrogen) atoms. The highest BCUT2D eigenvalue weighted by Crippen LogP contribution is 2.28. The fourth-order valence-electron chi connectivity index (χ4n) is 2.74. The molecule has 1 aromatic heterocycles. The first kappa shape index (κ1) is 15.8. The summed E-state index contributed by atoms with van der Waals surface area (Å²) in [5.41, 5.74) is -0.715. The number of aromatic nitrogens is 2. The van der Waals surface area contributed by atoms with Gasteiger partial charge in [-0.15, -0.1) is 0 Å². The molecule has 1 aromatic rings. The minimum Gasteiger partial charge on any atom is -0.388 e. The van der Waals surface area contributed by atoms with Crippen molar-refractivity contribution in [1.82, 2.24) is 20.2 Å². The van der Waals surface area contributed by atoms with Gasteiger partial charge in [0.15, 0.2) is 0 Å². The van der Waals surface area contributed by atoms with Gasteiger partial charge in [-0.3, -0.25) is 0 Å². The molecule has 6 heteroatoms. The van der Waals surface area contributed by atoms with Gasteiger partial charge in [0.1, 0.15) is 5.82 Å². The van der Waals surface area contributed by atoms with Crippen LogP contribution in [-0.4, -0.2) is 32.8 Å². The average molecular weight is 294 g/mol. The standard InChI is InChI=1S/C15H26N4O2/c1-12(2)10-19-8-7-16-13(19)9-17-14(20)18-11-15(21)5-3-4-6-15/h7-8,12,21H,3-6,9-11H2,1-2H3,(H2,17,18,20). The first-order valence-corrected chi connectivity index (χ1v) is 7.73. The molecule has 118 valence electrons. The molecule has 2 rings (SSSR count). The minimum absolute atomic E-state index is 0.255. The number of nitrogens with zero attached hydrogens (tertiary/aromatic N) is 2. The molecule has 1 heterocycles. The zero-order valence-electron chi connectivity index (χ0n) is 12.9. The zero-order valence-corrected chi connectivity index (χ0v) is 12.9. The summed E-state index contributed by atoms with van der Waals surface area (Å²) in [6.45, 7) is 5.89. The van der Waals surface area contributed by atoms with E-state index in [1.165, 1.54) is 0 Å². The smallest absolute Gasteiger partial charge is 0.315 e. The van der Waals surface area contributed by atoms with Crippen molar-refractivity contribution in [1.29, 1.82) is 0 Å². The molecule has 2 amide bonds. The highest BCUT2D eigenvalue weighted by molar-refractivity contribution is 5.73. The summed E-state index contributed by atoms with van der Waals surface area (Å²) in [4.78, 5) is 16.1. The van der Waals surface area contributed by atoms with Gasteiger partial charge < -0.3 is 20.3 Å². The lowest BCUT2D eigenvalue weighted by molar-refractivity contribution is 0.0501. The van der Waals surface area contributed by atoms with Crippen molar-refractivity contribution in [2.45, 2.75) is 58.2 Å². The third kappa shape index (κ3) is 4.74. The van der Waals surface area contributed by atoms with Crippen LogP contribution in [0.3, 0.4) is 0 Å². The van der Waals surface area contributed by atoms with Crippen LogP contribution in [-0.2, 0) is 13.1 Å². The van der Waals surface area contributed by atoms with E-state index >= 15 is 0 Å². The summed E-state index contributed by atoms with van der Waals surface area (Å²) in [6.07, 6.45) is 7.28. The summed E-state index contributed by atoms with van der Waals surface area (Å²) in [5, 5.41) is 15.7. The number of amides is 2. The Morgan fingerprint density at radius 2 is 2.14 bits per heavy atom. The van der Waals surface area contributed by atoms with E-state index in [2.05, 4.69) is 34.0 Å². The number of hydrogen-bond donors (Lipinski definition) is 3. The molecular formula is C15H26N4O2. The van der Waals surface area contributed by atoms with Gasteiger partial charge >= 0.3 is 6.03 Å². The van der Waals surface area contributed by atoms with Crippen LogP contribution in [0.15, 0.2) is 12.4 Å². The van der Waals surface area contributed by atoms with Gasteiger partial charge in [-0.25, -0.2) is 9.78 Å². The third-order valence-corrected chi connectivity index (χ3v) is 3.88. The molecular weight excluding hydrogens is 268 g/mol. The predicted molar refractivity (Wildman–Crippen MR) is 80.7 cm³/mol. The van der Waals surface area contributed by atoms with Crippen molar-refractivity contribution in [3.8, 4) is 0 Å². The number of urea groups is 1. The number of rotatable bonds is 6. The summed E-state index contributed by atoms with van der Waals surface area (Å²) in [7, 11) is 0. The number of nitrogens with one attached hydrogen (secondary N) is 2. The summed E-state index contributed by atoms with van der Waals surface area (Å²) >= 11 is 0. The fraction of sp³-hybridized carbons (Fsp3) is 0.733. The van der Waals surface area contributed by atoms with E-state index < -0.39 is 5.60 Å². The van der Waals surface area contributed by atoms with Crippen molar-refractivity contribution in [3.05, 3.63) is 18.2 Å². The van der Waals surface area contributed by atoms with Gasteiger partial charge in [-0.1, -0.05) is 26.7 Å². The summed E-state index contributed by atoms with van der Waals surface area (Å²) in [5.74, 6) is 1.38. The Hall–Kier alpha value is -1.56. The van der Waals surface area contributed by atoms with E-state index in [0.717, 1.165) is 38.1 Å². The Labute approximate surface area is 125 Å². The van der Waals surface area contributed by atoms with Crippen molar-refractivity contribution in [3.63, 3.8) is 0 Å². The molecule has 6 nitrogen and oxygen atoms in total. The van der Waals surface area contributed by atoms with Gasteiger partial charge in [0.2, 0.25) is 0 Å². The summed E-state index contributed by atoms with van der Waals surface area (Å²) in [6, 6.07) is -0.255. The SMILES string of the molecule is CC(C)Cn1ccnc1CNC(=O)NCC1(O)CCCC1. The number of carbonyl (C=O) groups is 1. The Bertz CT molecular complexity index is 464. The normalized spacial score (nSPS) is 17.1. The topological polar surface area (TPSA) is 79.2 Å². The second-order valence-corrected chi connectivity index (χ2v) is 6.36. The molecule has 1 saturated carbocycles. The average Bonchev–Trinajstić information content (AvgIpc) is 3.03. The van der Waals surface area contributed by atoms with Crippen LogP contribution in [0.25, 0.3) is 0 Å². The highest BCUT2D eigenvalue weighted by Gasteiger charge is 2.31. The van der Waals surface area contributed by atoms with Crippen LogP contribution < -0.4 is 10.6 Å². The van der Waals surface area contributed by atoms with Crippen LogP contribution in [0.1, 0.15) is 45.4 Å². The Balaban J connectivity index is 1.75. The molecule has 1 fully saturated rings. The van der Waals surface area contributed by atoms with Crippen molar-refractivity contribution >= 4 is 6.03 Å². The maximum atomic E-state index is 11.8. The molecule has 0 saturated heterocycles. The molecule has 0 aromatic carbocycles. The maximum absolute atomic E-state index is 11.8. The monoisotopic (exact) mass is 294 g/mol. The van der Waals surface area contributed by atoms with Crippen LogP contribution in [0.5, 0.6) is 0 Å². The van der Waals surface area contributed by atoms with Crippen LogP contribution >= 0.6 is 0 Å². The van der Waals surface area contributed by atoms with Crippen LogP contribution in [0.2, 0.25) is 0 Å². The van der Waals surface area contributed by atoms with E-state index in [1.807, 2.05) is 6.20 Å². The Morgan fingerprint density at radius 3 is 2.81 bits per heavy atom. The number of imidazole rings is 1. The lowest BCUT2D eigenvalue weighted by atomic mass is 10.0. The quantitative estimate of drug-likeness (QED) is 0.746. The Kier molecular flexibility index (Phi) is 5.22. The van der Waals surface area contributed by atoms with Gasteiger partial charge in [0.05, 0.1) is 12.1 Å². The van der Waals surface area contributed by atoms with E-state index in [0.29, 0.717) is 19.0 Å². The molecule has 0 spiro atoms. The van der Waals surface area contributed by atoms with E-state index in [-0.39, 0.29) is 6.03 Å². The van der Waals surface area contributed by atoms with Gasteiger partial charge in [-0.2, -0.15) is 0 Å². The third-order valence-electron chi connectivity index (χ3n) is 3.88. The van der Waals surface area contributed by atoms with Crippen molar-refractivity contribution in [2.24, 2.45) is 5.92 Å². The second-order valence-electron chi connectivity index (χ2n) is 6.36. The van der Waals surface area contributed by atoms with Crippen LogP contribution in [0.4, 0.5) is 4.79 Å². The second kappa shape index (κ2) is 6.93. The largest absolute Gasteiger partial charge is 0.388 e. The molecule has 0 radical (unpaired) electrons. The number of hydrogen-bond acceptors (Lipinski definition) is 3. The van der Waals surface area contributed by atoms with Crippen molar-refractivity contribution in [2.75, 3.05) is 6.54 Å². The lowest BCUT2D eigenvalue weighted by Gasteiger charge is -2.22. The van der Waals surface area contributed by atoms with Gasteiger partial charge in [0.25, 0.3) is 0 Å². The van der Waals surface area contributed by atoms with Crippen molar-refractivity contribution < 1.29 is 9.90 Å². The molecule has 1 aliphatic rings. The molecule has 1 aliphatic carbocycles. The fourth-order valence-corrected chi connectivity index (χ4v) is 2.74. The molecule has 3 N–H and O–H groups in total. The van der Waals surface area contributed by atoms with Gasteiger partial charge in [0, 0.05) is 25.5 Å². The highest BCUT2D eigenvalue weighted by atomic mass is 16.3. The predicted octanol–water partition coefficient (Wildman–Crippen LogP) is 1.64. The number of aliphatic hydroxyl groups is 1. The Morgan fingerprint density at radius 1 is 1.43 bits per heavy atom. The van der Waals surface area contributed by atoms with E-state index in [9.17, 15) is 9.90 Å². The molecule has 0 atom stereocenters. The minimum atomic E-state index is -0.715. The molecule has 0 unspecified atom stereocenters. The van der Waals surface area contributed by atoms with Crippen LogP contribution in [0, 0.1) is 5.92 Å². The van der Waals surface area contributed by atoms with Gasteiger partial charge in [-0.05, 0) is 18.8 Å². The van der Waals surface area contributed by atoms with E-state index in [4.69, 9.17) is 0 Å². The first-order chi connectivity index (χ1) is 9.98. The van der Waals surface area contributed by atoms with E-state index in [1.54, 1.807) is 6.20 Å². The molecule has 0 bridgehead atoms. The summed E-state index contributed by atoms with van der Waals surface area (Å²) < 4.78 is 2.05. The lowest BCUT2D eigenvalue weighted by Crippen LogP contribution is -2.45.